The number of pyridine rings is 1. The third kappa shape index (κ3) is 6.65. The lowest BCUT2D eigenvalue weighted by molar-refractivity contribution is 0.301. The summed E-state index contributed by atoms with van der Waals surface area (Å²) in [5, 5.41) is 3.43. The molecule has 1 fully saturated rings. The Morgan fingerprint density at radius 2 is 2.00 bits per heavy atom. The summed E-state index contributed by atoms with van der Waals surface area (Å²) in [6.45, 7) is 10.9. The molecule has 1 aromatic heterocycles. The maximum atomic E-state index is 5.80. The fourth-order valence-electron chi connectivity index (χ4n) is 3.22. The first-order chi connectivity index (χ1) is 13.1. The van der Waals surface area contributed by atoms with Crippen molar-refractivity contribution in [2.45, 2.75) is 40.3 Å². The summed E-state index contributed by atoms with van der Waals surface area (Å²) < 4.78 is 5.80. The lowest BCUT2D eigenvalue weighted by Crippen LogP contribution is -2.40. The normalized spacial score (nSPS) is 15.8. The number of aliphatic imine (C=N–C) groups is 1. The largest absolute Gasteiger partial charge is 0.487 e. The zero-order valence-electron chi connectivity index (χ0n) is 17.0. The Hall–Kier alpha value is -1.83. The molecule has 0 bridgehead atoms. The van der Waals surface area contributed by atoms with Crippen molar-refractivity contribution in [3.63, 3.8) is 0 Å². The summed E-state index contributed by atoms with van der Waals surface area (Å²) in [5.41, 5.74) is 2.46. The second-order valence-corrected chi connectivity index (χ2v) is 7.76. The lowest BCUT2D eigenvalue weighted by atomic mass is 9.93. The molecule has 1 aliphatic heterocycles. The van der Waals surface area contributed by atoms with Crippen LogP contribution in [-0.2, 0) is 13.2 Å². The van der Waals surface area contributed by atoms with Crippen LogP contribution in [0.4, 0.5) is 0 Å². The molecule has 152 valence electrons. The van der Waals surface area contributed by atoms with Crippen molar-refractivity contribution in [2.75, 3.05) is 19.6 Å². The van der Waals surface area contributed by atoms with Gasteiger partial charge in [0, 0.05) is 25.8 Å². The van der Waals surface area contributed by atoms with Gasteiger partial charge in [-0.3, -0.25) is 4.98 Å². The Balaban J connectivity index is 0.00000280. The van der Waals surface area contributed by atoms with E-state index < -0.39 is 0 Å². The Kier molecular flexibility index (Phi) is 8.54. The van der Waals surface area contributed by atoms with E-state index in [9.17, 15) is 0 Å². The molecule has 0 saturated carbocycles. The van der Waals surface area contributed by atoms with Crippen LogP contribution in [0.25, 0.3) is 0 Å². The predicted molar refractivity (Wildman–Crippen MR) is 125 cm³/mol. The molecule has 0 atom stereocenters. The van der Waals surface area contributed by atoms with Crippen LogP contribution in [0.2, 0.25) is 0 Å². The lowest BCUT2D eigenvalue weighted by Gasteiger charge is -2.23. The van der Waals surface area contributed by atoms with E-state index in [1.807, 2.05) is 30.3 Å². The van der Waals surface area contributed by atoms with E-state index in [0.29, 0.717) is 18.6 Å². The zero-order chi connectivity index (χ0) is 19.1. The summed E-state index contributed by atoms with van der Waals surface area (Å²) >= 11 is 0. The van der Waals surface area contributed by atoms with Gasteiger partial charge in [0.05, 0.1) is 12.2 Å². The van der Waals surface area contributed by atoms with Gasteiger partial charge in [-0.25, -0.2) is 4.99 Å². The second-order valence-electron chi connectivity index (χ2n) is 7.76. The number of rotatable bonds is 6. The fraction of sp³-hybridized carbons (Fsp3) is 0.455. The van der Waals surface area contributed by atoms with Crippen molar-refractivity contribution < 1.29 is 4.74 Å². The monoisotopic (exact) mass is 494 g/mol. The zero-order valence-corrected chi connectivity index (χ0v) is 19.3. The number of nitrogens with zero attached hydrogens (tertiary/aromatic N) is 3. The number of likely N-dealkylation sites (tertiary alicyclic amines) is 1. The maximum absolute atomic E-state index is 5.80. The topological polar surface area (TPSA) is 49.8 Å². The number of nitrogens with one attached hydrogen (secondary N) is 1. The van der Waals surface area contributed by atoms with Gasteiger partial charge in [0.2, 0.25) is 0 Å². The fourth-order valence-corrected chi connectivity index (χ4v) is 3.22. The second kappa shape index (κ2) is 10.6. The highest BCUT2D eigenvalue weighted by atomic mass is 127. The molecule has 1 saturated heterocycles. The molecule has 0 spiro atoms. The summed E-state index contributed by atoms with van der Waals surface area (Å²) in [5.74, 6) is 1.86. The Morgan fingerprint density at radius 1 is 1.21 bits per heavy atom. The van der Waals surface area contributed by atoms with Crippen LogP contribution in [-0.4, -0.2) is 35.5 Å². The van der Waals surface area contributed by atoms with Crippen LogP contribution >= 0.6 is 24.0 Å². The number of benzene rings is 1. The standard InChI is InChI=1S/C22H30N4O.HI/c1-4-23-21(26-14-12-22(2,3)17-26)25-15-18-8-10-20(11-9-18)27-16-19-7-5-6-13-24-19;/h5-11,13H,4,12,14-17H2,1-3H3,(H,23,25);1H. The van der Waals surface area contributed by atoms with Crippen LogP contribution in [0.3, 0.4) is 0 Å². The van der Waals surface area contributed by atoms with E-state index in [0.717, 1.165) is 37.0 Å². The average Bonchev–Trinajstić information content (AvgIpc) is 3.05. The summed E-state index contributed by atoms with van der Waals surface area (Å²) in [6, 6.07) is 14.0. The number of aromatic nitrogens is 1. The average molecular weight is 494 g/mol. The molecule has 5 nitrogen and oxygen atoms in total. The van der Waals surface area contributed by atoms with Crippen molar-refractivity contribution in [3.05, 3.63) is 59.9 Å². The van der Waals surface area contributed by atoms with Gasteiger partial charge in [0.25, 0.3) is 0 Å². The molecule has 3 rings (SSSR count). The van der Waals surface area contributed by atoms with Crippen molar-refractivity contribution in [2.24, 2.45) is 10.4 Å². The van der Waals surface area contributed by atoms with Gasteiger partial charge in [-0.2, -0.15) is 0 Å². The first-order valence-corrected chi connectivity index (χ1v) is 9.71. The minimum Gasteiger partial charge on any atom is -0.487 e. The van der Waals surface area contributed by atoms with Crippen LogP contribution in [0.15, 0.2) is 53.7 Å². The van der Waals surface area contributed by atoms with E-state index in [-0.39, 0.29) is 24.0 Å². The van der Waals surface area contributed by atoms with Gasteiger partial charge >= 0.3 is 0 Å². The molecule has 2 heterocycles. The van der Waals surface area contributed by atoms with Crippen LogP contribution in [0.5, 0.6) is 5.75 Å². The maximum Gasteiger partial charge on any atom is 0.194 e. The molecule has 1 aromatic carbocycles. The molecule has 0 radical (unpaired) electrons. The van der Waals surface area contributed by atoms with E-state index in [1.54, 1.807) is 6.20 Å². The minimum absolute atomic E-state index is 0. The van der Waals surface area contributed by atoms with Gasteiger partial charge in [-0.05, 0) is 48.6 Å². The van der Waals surface area contributed by atoms with Gasteiger partial charge < -0.3 is 15.0 Å². The molecule has 1 N–H and O–H groups in total. The molecule has 0 amide bonds. The van der Waals surface area contributed by atoms with E-state index in [4.69, 9.17) is 9.73 Å². The van der Waals surface area contributed by atoms with E-state index in [2.05, 4.69) is 48.1 Å². The third-order valence-corrected chi connectivity index (χ3v) is 4.76. The molecular weight excluding hydrogens is 463 g/mol. The van der Waals surface area contributed by atoms with Gasteiger partial charge in [-0.1, -0.05) is 32.0 Å². The highest BCUT2D eigenvalue weighted by Gasteiger charge is 2.30. The number of guanidine groups is 1. The number of hydrogen-bond donors (Lipinski definition) is 1. The van der Waals surface area contributed by atoms with Crippen molar-refractivity contribution in [1.82, 2.24) is 15.2 Å². The van der Waals surface area contributed by atoms with Crippen LogP contribution in [0.1, 0.15) is 38.4 Å². The van der Waals surface area contributed by atoms with Gasteiger partial charge in [0.1, 0.15) is 12.4 Å². The molecule has 28 heavy (non-hydrogen) atoms. The first-order valence-electron chi connectivity index (χ1n) is 9.71. The van der Waals surface area contributed by atoms with Crippen LogP contribution in [0, 0.1) is 5.41 Å². The summed E-state index contributed by atoms with van der Waals surface area (Å²) in [6.07, 6.45) is 2.99. The summed E-state index contributed by atoms with van der Waals surface area (Å²) in [4.78, 5) is 11.5. The predicted octanol–water partition coefficient (Wildman–Crippen LogP) is 4.48. The van der Waals surface area contributed by atoms with E-state index in [1.165, 1.54) is 12.0 Å². The van der Waals surface area contributed by atoms with E-state index >= 15 is 0 Å². The number of halogens is 1. The SMILES string of the molecule is CCNC(=NCc1ccc(OCc2ccccn2)cc1)N1CCC(C)(C)C1.I. The molecule has 6 heteroatoms. The quantitative estimate of drug-likeness (QED) is 0.366. The third-order valence-electron chi connectivity index (χ3n) is 4.76. The Labute approximate surface area is 185 Å². The van der Waals surface area contributed by atoms with Crippen molar-refractivity contribution in [1.29, 1.82) is 0 Å². The molecular formula is C22H31IN4O. The van der Waals surface area contributed by atoms with Crippen molar-refractivity contribution in [3.8, 4) is 5.75 Å². The van der Waals surface area contributed by atoms with Gasteiger partial charge in [0.15, 0.2) is 5.96 Å². The Morgan fingerprint density at radius 3 is 2.61 bits per heavy atom. The number of ether oxygens (including phenoxy) is 1. The Bertz CT molecular complexity index is 747. The van der Waals surface area contributed by atoms with Crippen molar-refractivity contribution >= 4 is 29.9 Å². The van der Waals surface area contributed by atoms with Crippen LogP contribution < -0.4 is 10.1 Å². The highest BCUT2D eigenvalue weighted by Crippen LogP contribution is 2.28. The number of hydrogen-bond acceptors (Lipinski definition) is 3. The minimum atomic E-state index is 0. The molecule has 0 unspecified atom stereocenters. The first kappa shape index (κ1) is 22.5. The smallest absolute Gasteiger partial charge is 0.194 e. The highest BCUT2D eigenvalue weighted by molar-refractivity contribution is 14.0. The molecule has 0 aliphatic carbocycles. The summed E-state index contributed by atoms with van der Waals surface area (Å²) in [7, 11) is 0. The molecule has 1 aliphatic rings. The van der Waals surface area contributed by atoms with Gasteiger partial charge in [-0.15, -0.1) is 24.0 Å². The molecule has 2 aromatic rings.